The minimum absolute atomic E-state index is 0.245. The number of nitroso groups, excluding NO2 is 1. The third-order valence-electron chi connectivity index (χ3n) is 1.28. The molecule has 4 heteroatoms. The second-order valence-electron chi connectivity index (χ2n) is 2.04. The lowest BCUT2D eigenvalue weighted by atomic mass is 10.2. The van der Waals surface area contributed by atoms with E-state index in [1.165, 1.54) is 24.3 Å². The molecular weight excluding hydrogens is 144 g/mol. The van der Waals surface area contributed by atoms with Crippen LogP contribution in [0.4, 0.5) is 5.69 Å². The molecule has 0 aliphatic rings. The maximum Gasteiger partial charge on any atom is 0.291 e. The number of hydrogen-bond acceptors (Lipinski definition) is 2. The van der Waals surface area contributed by atoms with Gasteiger partial charge in [0.2, 0.25) is 0 Å². The zero-order valence-corrected chi connectivity index (χ0v) is 5.73. The van der Waals surface area contributed by atoms with Gasteiger partial charge in [0.05, 0.1) is 4.91 Å². The molecule has 0 atom stereocenters. The molecule has 0 fully saturated rings. The van der Waals surface area contributed by atoms with E-state index >= 15 is 0 Å². The third-order valence-corrected chi connectivity index (χ3v) is 1.28. The van der Waals surface area contributed by atoms with Crippen molar-refractivity contribution in [3.63, 3.8) is 0 Å². The summed E-state index contributed by atoms with van der Waals surface area (Å²) in [4.78, 5) is 20.9. The average Bonchev–Trinajstić information content (AvgIpc) is 2.05. The molecule has 0 saturated carbocycles. The van der Waals surface area contributed by atoms with E-state index in [0.29, 0.717) is 17.5 Å². The highest BCUT2D eigenvalue weighted by Crippen LogP contribution is 2.08. The number of carbonyl (C=O) groups excluding carboxylic acids is 1. The SMILES string of the molecule is N[N+](=O)c1ccc(C=O)cc1. The van der Waals surface area contributed by atoms with Crippen LogP contribution in [0.2, 0.25) is 0 Å². The first-order valence-corrected chi connectivity index (χ1v) is 3.01. The molecule has 1 rings (SSSR count). The van der Waals surface area contributed by atoms with Crippen LogP contribution >= 0.6 is 0 Å². The zero-order valence-electron chi connectivity index (χ0n) is 5.73. The number of rotatable bonds is 2. The van der Waals surface area contributed by atoms with Crippen molar-refractivity contribution >= 4 is 12.0 Å². The summed E-state index contributed by atoms with van der Waals surface area (Å²) in [6.45, 7) is 0. The molecule has 1 aromatic carbocycles. The van der Waals surface area contributed by atoms with Crippen molar-refractivity contribution < 1.29 is 9.66 Å². The number of nitrogens with two attached hydrogens (primary N) is 1. The summed E-state index contributed by atoms with van der Waals surface area (Å²) in [5, 5.41) is 0. The first kappa shape index (κ1) is 7.40. The highest BCUT2D eigenvalue weighted by molar-refractivity contribution is 5.75. The van der Waals surface area contributed by atoms with E-state index in [1.807, 2.05) is 0 Å². The maximum absolute atomic E-state index is 10.5. The van der Waals surface area contributed by atoms with E-state index in [1.54, 1.807) is 0 Å². The van der Waals surface area contributed by atoms with Gasteiger partial charge in [-0.25, -0.2) is 0 Å². The van der Waals surface area contributed by atoms with Gasteiger partial charge in [-0.2, -0.15) is 5.84 Å². The van der Waals surface area contributed by atoms with Crippen LogP contribution < -0.4 is 5.84 Å². The molecule has 0 aliphatic carbocycles. The van der Waals surface area contributed by atoms with Gasteiger partial charge in [0, 0.05) is 17.7 Å². The van der Waals surface area contributed by atoms with Gasteiger partial charge in [-0.05, 0) is 12.1 Å². The summed E-state index contributed by atoms with van der Waals surface area (Å²) < 4.78 is 0. The average molecular weight is 151 g/mol. The lowest BCUT2D eigenvalue weighted by Crippen LogP contribution is -2.08. The largest absolute Gasteiger partial charge is 0.298 e. The molecule has 0 unspecified atom stereocenters. The van der Waals surface area contributed by atoms with Crippen LogP contribution in [0, 0.1) is 4.91 Å². The zero-order chi connectivity index (χ0) is 8.27. The Bertz CT molecular complexity index is 279. The number of aldehydes is 1. The summed E-state index contributed by atoms with van der Waals surface area (Å²) in [6.07, 6.45) is 0.704. The molecule has 2 N–H and O–H groups in total. The molecule has 11 heavy (non-hydrogen) atoms. The fraction of sp³-hybridized carbons (Fsp3) is 0. The van der Waals surface area contributed by atoms with Gasteiger partial charge in [0.25, 0.3) is 5.69 Å². The van der Waals surface area contributed by atoms with Crippen molar-refractivity contribution in [3.05, 3.63) is 34.7 Å². The Hall–Kier alpha value is -1.71. The predicted molar refractivity (Wildman–Crippen MR) is 39.3 cm³/mol. The van der Waals surface area contributed by atoms with Gasteiger partial charge >= 0.3 is 0 Å². The normalized spacial score (nSPS) is 9.09. The Morgan fingerprint density at radius 2 is 1.82 bits per heavy atom. The summed E-state index contributed by atoms with van der Waals surface area (Å²) >= 11 is 0. The Kier molecular flexibility index (Phi) is 1.96. The van der Waals surface area contributed by atoms with Gasteiger partial charge in [-0.1, -0.05) is 0 Å². The molecule has 0 aromatic heterocycles. The molecule has 0 aliphatic heterocycles. The van der Waals surface area contributed by atoms with E-state index in [4.69, 9.17) is 5.84 Å². The minimum Gasteiger partial charge on any atom is -0.298 e. The quantitative estimate of drug-likeness (QED) is 0.294. The van der Waals surface area contributed by atoms with Crippen molar-refractivity contribution in [1.82, 2.24) is 0 Å². The van der Waals surface area contributed by atoms with Gasteiger partial charge in [0.1, 0.15) is 6.29 Å². The molecule has 56 valence electrons. The van der Waals surface area contributed by atoms with Crippen LogP contribution in [0.1, 0.15) is 10.4 Å². The first-order chi connectivity index (χ1) is 5.24. The smallest absolute Gasteiger partial charge is 0.291 e. The number of hydrogen-bond donors (Lipinski definition) is 1. The Labute approximate surface area is 63.2 Å². The number of carbonyl (C=O) groups is 1. The van der Waals surface area contributed by atoms with Crippen molar-refractivity contribution in [3.8, 4) is 0 Å². The Balaban J connectivity index is 3.00. The van der Waals surface area contributed by atoms with Gasteiger partial charge < -0.3 is 0 Å². The number of benzene rings is 1. The van der Waals surface area contributed by atoms with Crippen LogP contribution in [0.15, 0.2) is 24.3 Å². The molecule has 1 aromatic rings. The van der Waals surface area contributed by atoms with Crippen molar-refractivity contribution in [2.24, 2.45) is 5.84 Å². The van der Waals surface area contributed by atoms with Crippen LogP contribution in [0.5, 0.6) is 0 Å². The first-order valence-electron chi connectivity index (χ1n) is 3.01. The van der Waals surface area contributed by atoms with Gasteiger partial charge in [-0.3, -0.25) is 4.79 Å². The van der Waals surface area contributed by atoms with E-state index in [0.717, 1.165) is 0 Å². The van der Waals surface area contributed by atoms with Crippen molar-refractivity contribution in [2.45, 2.75) is 0 Å². The lowest BCUT2D eigenvalue weighted by Gasteiger charge is -1.86. The van der Waals surface area contributed by atoms with Crippen LogP contribution in [-0.4, -0.2) is 11.2 Å². The number of nitrogens with zero attached hydrogens (tertiary/aromatic N) is 1. The monoisotopic (exact) mass is 151 g/mol. The third kappa shape index (κ3) is 1.61. The van der Waals surface area contributed by atoms with Gasteiger partial charge in [-0.15, -0.1) is 0 Å². The molecule has 0 heterocycles. The van der Waals surface area contributed by atoms with Crippen molar-refractivity contribution in [2.75, 3.05) is 0 Å². The molecule has 0 radical (unpaired) electrons. The summed E-state index contributed by atoms with van der Waals surface area (Å²) in [7, 11) is 0. The van der Waals surface area contributed by atoms with E-state index in [-0.39, 0.29) is 4.87 Å². The molecule has 0 bridgehead atoms. The minimum atomic E-state index is 0.245. The topological polar surface area (TPSA) is 63.2 Å². The van der Waals surface area contributed by atoms with E-state index < -0.39 is 0 Å². The predicted octanol–water partition coefficient (Wildman–Crippen LogP) is 0.783. The molecule has 0 saturated heterocycles. The molecule has 4 nitrogen and oxygen atoms in total. The maximum atomic E-state index is 10.5. The van der Waals surface area contributed by atoms with Crippen LogP contribution in [-0.2, 0) is 0 Å². The summed E-state index contributed by atoms with van der Waals surface area (Å²) in [5.41, 5.74) is 0.853. The van der Waals surface area contributed by atoms with Crippen LogP contribution in [0.3, 0.4) is 0 Å². The molecular formula is C7H7N2O2+. The summed E-state index contributed by atoms with van der Waals surface area (Å²) in [6, 6.07) is 6.02. The highest BCUT2D eigenvalue weighted by atomic mass is 16.3. The van der Waals surface area contributed by atoms with E-state index in [2.05, 4.69) is 0 Å². The van der Waals surface area contributed by atoms with Crippen LogP contribution in [0.25, 0.3) is 0 Å². The molecule has 0 amide bonds. The second-order valence-corrected chi connectivity index (χ2v) is 2.04. The number of hydrazine groups is 1. The highest BCUT2D eigenvalue weighted by Gasteiger charge is 2.05. The van der Waals surface area contributed by atoms with Crippen molar-refractivity contribution in [1.29, 1.82) is 0 Å². The Morgan fingerprint density at radius 3 is 2.18 bits per heavy atom. The summed E-state index contributed by atoms with van der Waals surface area (Å²) in [5.74, 6) is 4.89. The van der Waals surface area contributed by atoms with E-state index in [9.17, 15) is 9.70 Å². The fourth-order valence-corrected chi connectivity index (χ4v) is 0.700. The Morgan fingerprint density at radius 1 is 1.27 bits per heavy atom. The molecule has 0 spiro atoms. The lowest BCUT2D eigenvalue weighted by molar-refractivity contribution is -0.474. The van der Waals surface area contributed by atoms with Gasteiger partial charge in [0.15, 0.2) is 4.87 Å². The second kappa shape index (κ2) is 2.92. The standard InChI is InChI=1S/C7H7N2O2/c8-9(11)7-3-1-6(5-10)2-4-7/h1-5H,(H2,8,11)/q+1. The fourth-order valence-electron chi connectivity index (χ4n) is 0.700.